The van der Waals surface area contributed by atoms with Gasteiger partial charge in [0, 0.05) is 17.8 Å². The lowest BCUT2D eigenvalue weighted by Gasteiger charge is -2.44. The number of carbonyl (C=O) groups excluding carboxylic acids is 3. The van der Waals surface area contributed by atoms with Crippen molar-refractivity contribution >= 4 is 29.5 Å². The van der Waals surface area contributed by atoms with Crippen LogP contribution in [-0.4, -0.2) is 80.6 Å². The summed E-state index contributed by atoms with van der Waals surface area (Å²) in [5, 5.41) is 10.4. The molecule has 3 aliphatic heterocycles. The summed E-state index contributed by atoms with van der Waals surface area (Å²) >= 11 is 1.65. The van der Waals surface area contributed by atoms with Crippen LogP contribution in [0.25, 0.3) is 0 Å². The molecule has 2 amide bonds. The van der Waals surface area contributed by atoms with Gasteiger partial charge < -0.3 is 19.6 Å². The Morgan fingerprint density at radius 3 is 2.53 bits per heavy atom. The van der Waals surface area contributed by atoms with E-state index in [0.717, 1.165) is 32.1 Å². The molecule has 36 heavy (non-hydrogen) atoms. The molecule has 1 aliphatic carbocycles. The minimum absolute atomic E-state index is 0.0457. The summed E-state index contributed by atoms with van der Waals surface area (Å²) < 4.78 is 4.75. The van der Waals surface area contributed by atoms with Crippen molar-refractivity contribution in [1.29, 1.82) is 0 Å². The first-order valence-corrected chi connectivity index (χ1v) is 14.4. The van der Waals surface area contributed by atoms with Crippen molar-refractivity contribution in [2.24, 2.45) is 23.7 Å². The highest BCUT2D eigenvalue weighted by Crippen LogP contribution is 2.69. The van der Waals surface area contributed by atoms with E-state index in [1.807, 2.05) is 18.7 Å². The SMILES string of the molecule is C=CCOC(=O)[C@@H]1[C@H]2C(=O)N([C@@H](CO)C(C)C)C(C(=O)N(CC=C)C3CCCCC3)C23S[C@@H]1CC3C. The van der Waals surface area contributed by atoms with Crippen LogP contribution in [0, 0.1) is 23.7 Å². The molecule has 0 aromatic heterocycles. The highest BCUT2D eigenvalue weighted by molar-refractivity contribution is 8.02. The van der Waals surface area contributed by atoms with E-state index in [0.29, 0.717) is 6.54 Å². The summed E-state index contributed by atoms with van der Waals surface area (Å²) in [5.74, 6) is -1.82. The van der Waals surface area contributed by atoms with Gasteiger partial charge in [0.05, 0.1) is 29.2 Å². The van der Waals surface area contributed by atoms with Gasteiger partial charge in [-0.2, -0.15) is 0 Å². The lowest BCUT2D eigenvalue weighted by Crippen LogP contribution is -2.61. The maximum Gasteiger partial charge on any atom is 0.311 e. The van der Waals surface area contributed by atoms with E-state index in [4.69, 9.17) is 4.74 Å². The minimum Gasteiger partial charge on any atom is -0.461 e. The van der Waals surface area contributed by atoms with Crippen LogP contribution in [0.3, 0.4) is 0 Å². The molecule has 1 spiro atoms. The Balaban J connectivity index is 1.80. The molecule has 0 aromatic carbocycles. The third-order valence-electron chi connectivity index (χ3n) is 8.97. The monoisotopic (exact) mass is 518 g/mol. The van der Waals surface area contributed by atoms with E-state index in [2.05, 4.69) is 20.1 Å². The van der Waals surface area contributed by atoms with E-state index in [9.17, 15) is 19.5 Å². The van der Waals surface area contributed by atoms with Crippen molar-refractivity contribution < 1.29 is 24.2 Å². The molecule has 3 unspecified atom stereocenters. The zero-order valence-electron chi connectivity index (χ0n) is 21.9. The Morgan fingerprint density at radius 2 is 1.94 bits per heavy atom. The van der Waals surface area contributed by atoms with Crippen molar-refractivity contribution in [3.8, 4) is 0 Å². The maximum atomic E-state index is 14.6. The largest absolute Gasteiger partial charge is 0.461 e. The van der Waals surface area contributed by atoms with Gasteiger partial charge in [-0.1, -0.05) is 58.8 Å². The molecule has 4 fully saturated rings. The minimum atomic E-state index is -0.723. The van der Waals surface area contributed by atoms with Gasteiger partial charge in [-0.25, -0.2) is 0 Å². The average molecular weight is 519 g/mol. The fourth-order valence-electron chi connectivity index (χ4n) is 7.33. The first-order chi connectivity index (χ1) is 17.2. The molecule has 7 atom stereocenters. The number of carbonyl (C=O) groups is 3. The van der Waals surface area contributed by atoms with Gasteiger partial charge in [0.15, 0.2) is 0 Å². The summed E-state index contributed by atoms with van der Waals surface area (Å²) in [5.41, 5.74) is 0. The number of likely N-dealkylation sites (tertiary alicyclic amines) is 1. The summed E-state index contributed by atoms with van der Waals surface area (Å²) in [6, 6.07) is -1.10. The van der Waals surface area contributed by atoms with Crippen molar-refractivity contribution in [1.82, 2.24) is 9.80 Å². The number of rotatable bonds is 10. The predicted molar refractivity (Wildman–Crippen MR) is 141 cm³/mol. The lowest BCUT2D eigenvalue weighted by molar-refractivity contribution is -0.154. The Hall–Kier alpha value is -1.80. The van der Waals surface area contributed by atoms with Crippen molar-refractivity contribution in [3.05, 3.63) is 25.3 Å². The van der Waals surface area contributed by atoms with Crippen LogP contribution in [0.2, 0.25) is 0 Å². The fourth-order valence-corrected chi connectivity index (χ4v) is 9.72. The van der Waals surface area contributed by atoms with Crippen LogP contribution >= 0.6 is 11.8 Å². The molecule has 200 valence electrons. The molecule has 7 nitrogen and oxygen atoms in total. The number of hydrogen-bond acceptors (Lipinski definition) is 6. The standard InChI is InChI=1S/C28H42N2O5S/c1-6-13-29(19-11-9-8-10-12-19)26(33)24-28-18(5)15-21(36-28)22(27(34)35-14-7-2)23(28)25(32)30(24)20(16-31)17(3)4/h6-7,17-24,31H,1-2,8-16H2,3-5H3/t18?,20-,21+,22-,23-,24?,28?/m0/s1. The first-order valence-electron chi connectivity index (χ1n) is 13.5. The number of thioether (sulfide) groups is 1. The Bertz CT molecular complexity index is 887. The molecule has 0 radical (unpaired) electrons. The van der Waals surface area contributed by atoms with Gasteiger partial charge in [0.25, 0.3) is 0 Å². The van der Waals surface area contributed by atoms with Gasteiger partial charge in [0.2, 0.25) is 11.8 Å². The fraction of sp³-hybridized carbons (Fsp3) is 0.750. The Morgan fingerprint density at radius 1 is 1.25 bits per heavy atom. The summed E-state index contributed by atoms with van der Waals surface area (Å²) in [6.07, 6.45) is 9.31. The highest BCUT2D eigenvalue weighted by Gasteiger charge is 2.77. The molecule has 1 N–H and O–H groups in total. The number of nitrogens with zero attached hydrogens (tertiary/aromatic N) is 2. The number of fused-ring (bicyclic) bond motifs is 1. The average Bonchev–Trinajstić information content (AvgIpc) is 3.45. The second-order valence-electron chi connectivity index (χ2n) is 11.3. The van der Waals surface area contributed by atoms with Crippen molar-refractivity contribution in [2.45, 2.75) is 87.4 Å². The van der Waals surface area contributed by atoms with Crippen LogP contribution in [0.5, 0.6) is 0 Å². The van der Waals surface area contributed by atoms with Gasteiger partial charge in [0.1, 0.15) is 12.6 Å². The molecule has 8 heteroatoms. The van der Waals surface area contributed by atoms with E-state index >= 15 is 0 Å². The van der Waals surface area contributed by atoms with E-state index in [1.165, 1.54) is 12.5 Å². The summed E-state index contributed by atoms with van der Waals surface area (Å²) in [4.78, 5) is 45.7. The normalized spacial score (nSPS) is 34.5. The number of ether oxygens (including phenoxy) is 1. The van der Waals surface area contributed by atoms with Crippen LogP contribution in [0.4, 0.5) is 0 Å². The molecule has 1 saturated carbocycles. The smallest absolute Gasteiger partial charge is 0.311 e. The molecule has 3 heterocycles. The molecule has 4 aliphatic rings. The second kappa shape index (κ2) is 10.9. The van der Waals surface area contributed by atoms with Crippen LogP contribution in [-0.2, 0) is 19.1 Å². The number of esters is 1. The third-order valence-corrected chi connectivity index (χ3v) is 11.0. The molecular weight excluding hydrogens is 476 g/mol. The van der Waals surface area contributed by atoms with Crippen molar-refractivity contribution in [2.75, 3.05) is 19.8 Å². The van der Waals surface area contributed by atoms with Crippen LogP contribution in [0.1, 0.15) is 59.3 Å². The number of amides is 2. The maximum absolute atomic E-state index is 14.6. The molecule has 2 bridgehead atoms. The predicted octanol–water partition coefficient (Wildman–Crippen LogP) is 3.42. The quantitative estimate of drug-likeness (QED) is 0.352. The van der Waals surface area contributed by atoms with Crippen molar-refractivity contribution in [3.63, 3.8) is 0 Å². The van der Waals surface area contributed by atoms with Gasteiger partial charge in [-0.05, 0) is 31.1 Å². The van der Waals surface area contributed by atoms with Gasteiger partial charge >= 0.3 is 5.97 Å². The number of hydrogen-bond donors (Lipinski definition) is 1. The van der Waals surface area contributed by atoms with Crippen LogP contribution < -0.4 is 0 Å². The highest BCUT2D eigenvalue weighted by atomic mass is 32.2. The Labute approximate surface area is 219 Å². The first kappa shape index (κ1) is 27.2. The van der Waals surface area contributed by atoms with E-state index < -0.39 is 28.7 Å². The van der Waals surface area contributed by atoms with Crippen LogP contribution in [0.15, 0.2) is 25.3 Å². The lowest BCUT2D eigenvalue weighted by atomic mass is 9.66. The summed E-state index contributed by atoms with van der Waals surface area (Å²) in [6.45, 7) is 13.9. The third kappa shape index (κ3) is 4.22. The van der Waals surface area contributed by atoms with Gasteiger partial charge in [-0.3, -0.25) is 14.4 Å². The summed E-state index contributed by atoms with van der Waals surface area (Å²) in [7, 11) is 0. The molecular formula is C28H42N2O5S. The number of aliphatic hydroxyl groups is 1. The topological polar surface area (TPSA) is 87.1 Å². The zero-order chi connectivity index (χ0) is 26.2. The zero-order valence-corrected chi connectivity index (χ0v) is 22.8. The van der Waals surface area contributed by atoms with Gasteiger partial charge in [-0.15, -0.1) is 18.3 Å². The molecule has 3 saturated heterocycles. The Kier molecular flexibility index (Phi) is 8.25. The molecule has 0 aromatic rings. The molecule has 4 rings (SSSR count). The van der Waals surface area contributed by atoms with E-state index in [-0.39, 0.29) is 54.1 Å². The second-order valence-corrected chi connectivity index (χ2v) is 12.8. The van der Waals surface area contributed by atoms with E-state index in [1.54, 1.807) is 22.7 Å². The number of aliphatic hydroxyl groups excluding tert-OH is 1.